The Morgan fingerprint density at radius 1 is 1.47 bits per heavy atom. The van der Waals surface area contributed by atoms with Gasteiger partial charge >= 0.3 is 0 Å². The number of aryl methyl sites for hydroxylation is 1. The second-order valence-electron chi connectivity index (χ2n) is 4.11. The van der Waals surface area contributed by atoms with Crippen molar-refractivity contribution in [3.05, 3.63) is 46.7 Å². The first-order valence-corrected chi connectivity index (χ1v) is 6.54. The maximum absolute atomic E-state index is 12.0. The van der Waals surface area contributed by atoms with Crippen molar-refractivity contribution in [3.63, 3.8) is 0 Å². The van der Waals surface area contributed by atoms with Gasteiger partial charge in [0, 0.05) is 5.56 Å². The highest BCUT2D eigenvalue weighted by atomic mass is 32.1. The van der Waals surface area contributed by atoms with Gasteiger partial charge in [-0.1, -0.05) is 29.0 Å². The van der Waals surface area contributed by atoms with E-state index in [9.17, 15) is 4.79 Å². The molecule has 0 bridgehead atoms. The fraction of sp³-hybridized carbons (Fsp3) is 0.167. The van der Waals surface area contributed by atoms with Gasteiger partial charge in [0.25, 0.3) is 5.91 Å². The van der Waals surface area contributed by atoms with Gasteiger partial charge in [-0.25, -0.2) is 0 Å². The minimum absolute atomic E-state index is 0.102. The van der Waals surface area contributed by atoms with E-state index in [1.165, 1.54) is 17.7 Å². The van der Waals surface area contributed by atoms with Crippen LogP contribution in [-0.2, 0) is 6.54 Å². The third-order valence-electron chi connectivity index (χ3n) is 2.61. The molecule has 1 N–H and O–H groups in total. The Bertz CT molecular complexity index is 704. The predicted molar refractivity (Wildman–Crippen MR) is 71.0 cm³/mol. The van der Waals surface area contributed by atoms with E-state index in [1.807, 2.05) is 25.1 Å². The molecular formula is C12H11N5OS. The van der Waals surface area contributed by atoms with Crippen LogP contribution < -0.4 is 5.32 Å². The van der Waals surface area contributed by atoms with Crippen LogP contribution in [0.15, 0.2) is 30.6 Å². The molecule has 0 aliphatic heterocycles. The number of carbonyl (C=O) groups excluding carboxylic acids is 1. The maximum Gasteiger partial charge on any atom is 0.251 e. The van der Waals surface area contributed by atoms with E-state index in [1.54, 1.807) is 10.6 Å². The lowest BCUT2D eigenvalue weighted by atomic mass is 10.1. The van der Waals surface area contributed by atoms with E-state index in [2.05, 4.69) is 20.6 Å². The van der Waals surface area contributed by atoms with Crippen LogP contribution in [0.5, 0.6) is 0 Å². The SMILES string of the molecule is Cc1cccc(C(=O)NCc2nn3cnnc3s2)c1. The summed E-state index contributed by atoms with van der Waals surface area (Å²) in [5.74, 6) is -0.102. The van der Waals surface area contributed by atoms with Crippen molar-refractivity contribution in [3.8, 4) is 0 Å². The highest BCUT2D eigenvalue weighted by Crippen LogP contribution is 2.11. The number of fused-ring (bicyclic) bond motifs is 1. The lowest BCUT2D eigenvalue weighted by Crippen LogP contribution is -2.22. The van der Waals surface area contributed by atoms with Gasteiger partial charge in [0.1, 0.15) is 11.3 Å². The minimum Gasteiger partial charge on any atom is -0.345 e. The van der Waals surface area contributed by atoms with Crippen molar-refractivity contribution in [1.82, 2.24) is 25.1 Å². The molecule has 0 spiro atoms. The van der Waals surface area contributed by atoms with Crippen LogP contribution in [0.4, 0.5) is 0 Å². The smallest absolute Gasteiger partial charge is 0.251 e. The molecule has 0 atom stereocenters. The highest BCUT2D eigenvalue weighted by Gasteiger charge is 2.08. The third kappa shape index (κ3) is 2.45. The molecule has 0 saturated heterocycles. The first kappa shape index (κ1) is 11.8. The van der Waals surface area contributed by atoms with E-state index >= 15 is 0 Å². The number of hydrogen-bond acceptors (Lipinski definition) is 5. The van der Waals surface area contributed by atoms with Gasteiger partial charge in [0.15, 0.2) is 0 Å². The second-order valence-corrected chi connectivity index (χ2v) is 5.15. The van der Waals surface area contributed by atoms with Crippen molar-refractivity contribution >= 4 is 22.2 Å². The van der Waals surface area contributed by atoms with E-state index in [4.69, 9.17) is 0 Å². The van der Waals surface area contributed by atoms with Crippen LogP contribution in [0.25, 0.3) is 4.96 Å². The van der Waals surface area contributed by atoms with Crippen LogP contribution >= 0.6 is 11.3 Å². The quantitative estimate of drug-likeness (QED) is 0.783. The summed E-state index contributed by atoms with van der Waals surface area (Å²) in [6, 6.07) is 7.47. The number of carbonyl (C=O) groups is 1. The summed E-state index contributed by atoms with van der Waals surface area (Å²) in [7, 11) is 0. The summed E-state index contributed by atoms with van der Waals surface area (Å²) in [5, 5.41) is 15.5. The fourth-order valence-electron chi connectivity index (χ4n) is 1.72. The molecule has 2 aromatic heterocycles. The summed E-state index contributed by atoms with van der Waals surface area (Å²) in [6.07, 6.45) is 1.54. The molecular weight excluding hydrogens is 262 g/mol. The van der Waals surface area contributed by atoms with E-state index in [-0.39, 0.29) is 5.91 Å². The van der Waals surface area contributed by atoms with Crippen LogP contribution in [-0.4, -0.2) is 25.7 Å². The number of hydrogen-bond donors (Lipinski definition) is 1. The summed E-state index contributed by atoms with van der Waals surface area (Å²) in [4.78, 5) is 12.7. The van der Waals surface area contributed by atoms with Crippen molar-refractivity contribution in [2.24, 2.45) is 0 Å². The molecule has 1 amide bonds. The molecule has 96 valence electrons. The summed E-state index contributed by atoms with van der Waals surface area (Å²) in [6.45, 7) is 2.35. The minimum atomic E-state index is -0.102. The zero-order valence-corrected chi connectivity index (χ0v) is 11.0. The van der Waals surface area contributed by atoms with Crippen LogP contribution in [0.1, 0.15) is 20.9 Å². The van der Waals surface area contributed by atoms with Gasteiger partial charge in [0.2, 0.25) is 4.96 Å². The molecule has 0 saturated carbocycles. The predicted octanol–water partition coefficient (Wildman–Crippen LogP) is 1.42. The summed E-state index contributed by atoms with van der Waals surface area (Å²) >= 11 is 1.41. The standard InChI is InChI=1S/C12H11N5OS/c1-8-3-2-4-9(5-8)11(18)13-6-10-16-17-7-14-15-12(17)19-10/h2-5,7H,6H2,1H3,(H,13,18). The summed E-state index contributed by atoms with van der Waals surface area (Å²) < 4.78 is 1.60. The molecule has 6 nitrogen and oxygen atoms in total. The van der Waals surface area contributed by atoms with Crippen molar-refractivity contribution in [2.75, 3.05) is 0 Å². The Morgan fingerprint density at radius 2 is 2.37 bits per heavy atom. The highest BCUT2D eigenvalue weighted by molar-refractivity contribution is 7.16. The molecule has 7 heteroatoms. The zero-order chi connectivity index (χ0) is 13.2. The number of amides is 1. The Labute approximate surface area is 113 Å². The molecule has 2 heterocycles. The number of nitrogens with one attached hydrogen (secondary N) is 1. The maximum atomic E-state index is 12.0. The van der Waals surface area contributed by atoms with Gasteiger partial charge in [-0.05, 0) is 19.1 Å². The van der Waals surface area contributed by atoms with E-state index in [0.29, 0.717) is 12.1 Å². The van der Waals surface area contributed by atoms with Gasteiger partial charge in [-0.15, -0.1) is 10.2 Å². The van der Waals surface area contributed by atoms with Crippen LogP contribution in [0, 0.1) is 6.92 Å². The van der Waals surface area contributed by atoms with Gasteiger partial charge in [-0.3, -0.25) is 4.79 Å². The van der Waals surface area contributed by atoms with Crippen molar-refractivity contribution in [2.45, 2.75) is 13.5 Å². The average molecular weight is 273 g/mol. The largest absolute Gasteiger partial charge is 0.345 e. The molecule has 3 aromatic rings. The zero-order valence-electron chi connectivity index (χ0n) is 10.2. The number of benzene rings is 1. The Morgan fingerprint density at radius 3 is 3.16 bits per heavy atom. The fourth-order valence-corrected chi connectivity index (χ4v) is 2.47. The van der Waals surface area contributed by atoms with Gasteiger partial charge < -0.3 is 5.32 Å². The first-order valence-electron chi connectivity index (χ1n) is 5.73. The number of nitrogens with zero attached hydrogens (tertiary/aromatic N) is 4. The molecule has 0 aliphatic rings. The monoisotopic (exact) mass is 273 g/mol. The van der Waals surface area contributed by atoms with Gasteiger partial charge in [0.05, 0.1) is 6.54 Å². The number of aromatic nitrogens is 4. The number of rotatable bonds is 3. The lowest BCUT2D eigenvalue weighted by Gasteiger charge is -2.03. The topological polar surface area (TPSA) is 72.2 Å². The molecule has 0 radical (unpaired) electrons. The summed E-state index contributed by atoms with van der Waals surface area (Å²) in [5.41, 5.74) is 1.72. The molecule has 0 fully saturated rings. The van der Waals surface area contributed by atoms with Crippen molar-refractivity contribution in [1.29, 1.82) is 0 Å². The second kappa shape index (κ2) is 4.77. The average Bonchev–Trinajstić information content (AvgIpc) is 2.96. The lowest BCUT2D eigenvalue weighted by molar-refractivity contribution is 0.0950. The first-order chi connectivity index (χ1) is 9.22. The molecule has 0 unspecified atom stereocenters. The van der Waals surface area contributed by atoms with Crippen molar-refractivity contribution < 1.29 is 4.79 Å². The molecule has 0 aliphatic carbocycles. The van der Waals surface area contributed by atoms with Crippen LogP contribution in [0.3, 0.4) is 0 Å². The van der Waals surface area contributed by atoms with Gasteiger partial charge in [-0.2, -0.15) is 9.61 Å². The molecule has 19 heavy (non-hydrogen) atoms. The third-order valence-corrected chi connectivity index (χ3v) is 3.52. The Balaban J connectivity index is 1.69. The molecule has 3 rings (SSSR count). The Hall–Kier alpha value is -2.28. The molecule has 1 aromatic carbocycles. The Kier molecular flexibility index (Phi) is 2.96. The van der Waals surface area contributed by atoms with E-state index < -0.39 is 0 Å². The van der Waals surface area contributed by atoms with E-state index in [0.717, 1.165) is 15.5 Å². The normalized spacial score (nSPS) is 10.8. The van der Waals surface area contributed by atoms with Crippen LogP contribution in [0.2, 0.25) is 0 Å².